The van der Waals surface area contributed by atoms with Gasteiger partial charge in [-0.15, -0.1) is 0 Å². The summed E-state index contributed by atoms with van der Waals surface area (Å²) >= 11 is 3.13. The molecule has 0 bridgehead atoms. The van der Waals surface area contributed by atoms with Crippen molar-refractivity contribution in [3.8, 4) is 0 Å². The number of rotatable bonds is 3. The molecular weight excluding hydrogens is 312 g/mol. The van der Waals surface area contributed by atoms with E-state index in [4.69, 9.17) is 0 Å². The summed E-state index contributed by atoms with van der Waals surface area (Å²) in [6.45, 7) is 4.11. The zero-order chi connectivity index (χ0) is 14.0. The summed E-state index contributed by atoms with van der Waals surface area (Å²) in [7, 11) is 0. The van der Waals surface area contributed by atoms with Gasteiger partial charge in [0, 0.05) is 17.8 Å². The monoisotopic (exact) mass is 325 g/mol. The van der Waals surface area contributed by atoms with E-state index in [1.807, 2.05) is 13.8 Å². The number of hydrogen-bond acceptors (Lipinski definition) is 1. The maximum atomic E-state index is 13.6. The molecule has 0 aliphatic heterocycles. The van der Waals surface area contributed by atoms with Gasteiger partial charge in [0.05, 0.1) is 4.47 Å². The van der Waals surface area contributed by atoms with Gasteiger partial charge in [0.2, 0.25) is 0 Å². The van der Waals surface area contributed by atoms with Crippen LogP contribution in [0.15, 0.2) is 34.8 Å². The molecule has 0 aliphatic carbocycles. The zero-order valence-electron chi connectivity index (χ0n) is 10.7. The molecule has 0 atom stereocenters. The van der Waals surface area contributed by atoms with Crippen LogP contribution in [0.3, 0.4) is 0 Å². The van der Waals surface area contributed by atoms with Gasteiger partial charge in [0.1, 0.15) is 11.6 Å². The standard InChI is InChI=1S/C15H14BrF2N/c1-9-3-4-13(17)11(5-9)8-19-15-7-14(18)12(16)6-10(15)2/h3-7,19H,8H2,1-2H3. The SMILES string of the molecule is Cc1ccc(F)c(CNc2cc(F)c(Br)cc2C)c1. The van der Waals surface area contributed by atoms with E-state index in [0.717, 1.165) is 11.1 Å². The van der Waals surface area contributed by atoms with E-state index in [1.165, 1.54) is 12.1 Å². The van der Waals surface area contributed by atoms with Gasteiger partial charge in [-0.3, -0.25) is 0 Å². The Hall–Kier alpha value is -1.42. The van der Waals surface area contributed by atoms with Crippen molar-refractivity contribution in [2.75, 3.05) is 5.32 Å². The van der Waals surface area contributed by atoms with Crippen LogP contribution in [0.2, 0.25) is 0 Å². The van der Waals surface area contributed by atoms with Crippen molar-refractivity contribution in [3.63, 3.8) is 0 Å². The largest absolute Gasteiger partial charge is 0.381 e. The highest BCUT2D eigenvalue weighted by atomic mass is 79.9. The molecule has 1 N–H and O–H groups in total. The minimum absolute atomic E-state index is 0.256. The lowest BCUT2D eigenvalue weighted by Crippen LogP contribution is -2.04. The molecule has 0 radical (unpaired) electrons. The molecule has 0 fully saturated rings. The first-order valence-electron chi connectivity index (χ1n) is 5.92. The molecule has 0 saturated heterocycles. The van der Waals surface area contributed by atoms with Crippen molar-refractivity contribution in [2.45, 2.75) is 20.4 Å². The Bertz CT molecular complexity index is 611. The predicted octanol–water partition coefficient (Wildman–Crippen LogP) is 4.96. The lowest BCUT2D eigenvalue weighted by Gasteiger charge is -2.11. The zero-order valence-corrected chi connectivity index (χ0v) is 12.3. The Kier molecular flexibility index (Phi) is 4.20. The molecule has 19 heavy (non-hydrogen) atoms. The summed E-state index contributed by atoms with van der Waals surface area (Å²) in [4.78, 5) is 0. The Morgan fingerprint density at radius 3 is 2.53 bits per heavy atom. The van der Waals surface area contributed by atoms with Gasteiger partial charge in [0.15, 0.2) is 0 Å². The highest BCUT2D eigenvalue weighted by Gasteiger charge is 2.07. The summed E-state index contributed by atoms with van der Waals surface area (Å²) in [5.41, 5.74) is 3.14. The van der Waals surface area contributed by atoms with Gasteiger partial charge in [-0.1, -0.05) is 17.7 Å². The first kappa shape index (κ1) is 14.0. The average Bonchev–Trinajstić information content (AvgIpc) is 2.36. The van der Waals surface area contributed by atoms with E-state index in [2.05, 4.69) is 21.2 Å². The molecule has 0 unspecified atom stereocenters. The molecule has 0 saturated carbocycles. The third kappa shape index (κ3) is 3.32. The van der Waals surface area contributed by atoms with Gasteiger partial charge in [-0.25, -0.2) is 8.78 Å². The summed E-state index contributed by atoms with van der Waals surface area (Å²) in [6.07, 6.45) is 0. The molecule has 0 amide bonds. The first-order valence-corrected chi connectivity index (χ1v) is 6.71. The van der Waals surface area contributed by atoms with E-state index in [0.29, 0.717) is 22.3 Å². The highest BCUT2D eigenvalue weighted by molar-refractivity contribution is 9.10. The molecule has 2 rings (SSSR count). The van der Waals surface area contributed by atoms with E-state index in [1.54, 1.807) is 18.2 Å². The van der Waals surface area contributed by atoms with Gasteiger partial charge < -0.3 is 5.32 Å². The van der Waals surface area contributed by atoms with Gasteiger partial charge in [-0.05, 0) is 53.5 Å². The minimum Gasteiger partial charge on any atom is -0.381 e. The van der Waals surface area contributed by atoms with Crippen LogP contribution in [-0.2, 0) is 6.54 Å². The van der Waals surface area contributed by atoms with E-state index < -0.39 is 0 Å². The number of aryl methyl sites for hydroxylation is 2. The Balaban J connectivity index is 2.19. The van der Waals surface area contributed by atoms with Crippen molar-refractivity contribution >= 4 is 21.6 Å². The molecular formula is C15H14BrF2N. The smallest absolute Gasteiger partial charge is 0.139 e. The third-order valence-electron chi connectivity index (χ3n) is 2.94. The van der Waals surface area contributed by atoms with E-state index >= 15 is 0 Å². The number of benzene rings is 2. The summed E-state index contributed by atoms with van der Waals surface area (Å²) in [5.74, 6) is -0.592. The normalized spacial score (nSPS) is 10.6. The third-order valence-corrected chi connectivity index (χ3v) is 3.55. The Labute approximate surface area is 119 Å². The van der Waals surface area contributed by atoms with Crippen LogP contribution < -0.4 is 5.32 Å². The fourth-order valence-corrected chi connectivity index (χ4v) is 2.32. The maximum absolute atomic E-state index is 13.6. The van der Waals surface area contributed by atoms with Crippen molar-refractivity contribution in [1.82, 2.24) is 0 Å². The van der Waals surface area contributed by atoms with Gasteiger partial charge in [-0.2, -0.15) is 0 Å². The molecule has 0 spiro atoms. The molecule has 2 aromatic carbocycles. The van der Waals surface area contributed by atoms with Crippen LogP contribution in [-0.4, -0.2) is 0 Å². The fraction of sp³-hybridized carbons (Fsp3) is 0.200. The van der Waals surface area contributed by atoms with Crippen molar-refractivity contribution in [3.05, 3.63) is 63.1 Å². The minimum atomic E-state index is -0.335. The topological polar surface area (TPSA) is 12.0 Å². The molecule has 0 aliphatic rings. The van der Waals surface area contributed by atoms with Crippen LogP contribution in [0.25, 0.3) is 0 Å². The van der Waals surface area contributed by atoms with Crippen LogP contribution in [0.4, 0.5) is 14.5 Å². The average molecular weight is 326 g/mol. The second-order valence-corrected chi connectivity index (χ2v) is 5.38. The van der Waals surface area contributed by atoms with Crippen molar-refractivity contribution in [1.29, 1.82) is 0 Å². The highest BCUT2D eigenvalue weighted by Crippen LogP contribution is 2.24. The summed E-state index contributed by atoms with van der Waals surface area (Å²) in [5, 5.41) is 3.06. The van der Waals surface area contributed by atoms with Crippen molar-refractivity contribution < 1.29 is 8.78 Å². The second-order valence-electron chi connectivity index (χ2n) is 4.53. The van der Waals surface area contributed by atoms with Crippen LogP contribution in [0, 0.1) is 25.5 Å². The van der Waals surface area contributed by atoms with Crippen molar-refractivity contribution in [2.24, 2.45) is 0 Å². The molecule has 4 heteroatoms. The Morgan fingerprint density at radius 1 is 1.05 bits per heavy atom. The van der Waals surface area contributed by atoms with E-state index in [9.17, 15) is 8.78 Å². The number of anilines is 1. The van der Waals surface area contributed by atoms with Gasteiger partial charge >= 0.3 is 0 Å². The molecule has 2 aromatic rings. The summed E-state index contributed by atoms with van der Waals surface area (Å²) < 4.78 is 27.5. The Morgan fingerprint density at radius 2 is 1.79 bits per heavy atom. The summed E-state index contributed by atoms with van der Waals surface area (Å²) in [6, 6.07) is 8.06. The predicted molar refractivity (Wildman–Crippen MR) is 77.3 cm³/mol. The van der Waals surface area contributed by atoms with Crippen LogP contribution in [0.5, 0.6) is 0 Å². The molecule has 0 heterocycles. The lowest BCUT2D eigenvalue weighted by molar-refractivity contribution is 0.612. The quantitative estimate of drug-likeness (QED) is 0.841. The number of halogens is 3. The maximum Gasteiger partial charge on any atom is 0.139 e. The molecule has 1 nitrogen and oxygen atoms in total. The first-order chi connectivity index (χ1) is 8.97. The lowest BCUT2D eigenvalue weighted by atomic mass is 10.1. The van der Waals surface area contributed by atoms with Gasteiger partial charge in [0.25, 0.3) is 0 Å². The number of hydrogen-bond donors (Lipinski definition) is 1. The fourth-order valence-electron chi connectivity index (χ4n) is 1.87. The molecule has 100 valence electrons. The van der Waals surface area contributed by atoms with Crippen LogP contribution >= 0.6 is 15.9 Å². The van der Waals surface area contributed by atoms with E-state index in [-0.39, 0.29) is 11.6 Å². The number of nitrogens with one attached hydrogen (secondary N) is 1. The van der Waals surface area contributed by atoms with Crippen LogP contribution in [0.1, 0.15) is 16.7 Å². The second kappa shape index (κ2) is 5.70. The molecule has 0 aromatic heterocycles.